The third kappa shape index (κ3) is 9.76. The number of rotatable bonds is 12. The van der Waals surface area contributed by atoms with Crippen LogP contribution in [0.4, 0.5) is 0 Å². The maximum atomic E-state index is 13.0. The van der Waals surface area contributed by atoms with Crippen molar-refractivity contribution in [1.29, 1.82) is 0 Å². The fourth-order valence-corrected chi connectivity index (χ4v) is 6.15. The second-order valence-electron chi connectivity index (χ2n) is 12.1. The second-order valence-corrected chi connectivity index (χ2v) is 12.1. The zero-order valence-corrected chi connectivity index (χ0v) is 25.7. The summed E-state index contributed by atoms with van der Waals surface area (Å²) in [7, 11) is 8.47. The monoisotopic (exact) mass is 576 g/mol. The summed E-state index contributed by atoms with van der Waals surface area (Å²) >= 11 is 0. The Morgan fingerprint density at radius 2 is 0.881 bits per heavy atom. The Bertz CT molecular complexity index is 1040. The molecule has 0 N–H and O–H groups in total. The molecule has 0 heterocycles. The van der Waals surface area contributed by atoms with Gasteiger partial charge in [0, 0.05) is 36.3 Å². The number of carbonyl (C=O) groups is 2. The Kier molecular flexibility index (Phi) is 12.1. The van der Waals surface area contributed by atoms with E-state index in [1.54, 1.807) is 10.1 Å². The summed E-state index contributed by atoms with van der Waals surface area (Å²) in [5, 5.41) is 3.59. The van der Waals surface area contributed by atoms with Gasteiger partial charge in [0.1, 0.15) is 0 Å². The first-order valence-electron chi connectivity index (χ1n) is 15.3. The van der Waals surface area contributed by atoms with Gasteiger partial charge in [-0.05, 0) is 90.7 Å². The lowest BCUT2D eigenvalue weighted by atomic mass is 9.90. The smallest absolute Gasteiger partial charge is 0.349 e. The summed E-state index contributed by atoms with van der Waals surface area (Å²) in [6.07, 6.45) is 10.4. The van der Waals surface area contributed by atoms with Crippen LogP contribution >= 0.6 is 0 Å². The molecule has 2 fully saturated rings. The van der Waals surface area contributed by atoms with Gasteiger partial charge in [0.05, 0.1) is 13.1 Å². The van der Waals surface area contributed by atoms with Gasteiger partial charge < -0.3 is 19.5 Å². The average Bonchev–Trinajstić information content (AvgIpc) is 3.00. The molecule has 0 aromatic heterocycles. The summed E-state index contributed by atoms with van der Waals surface area (Å²) in [5.74, 6) is -1.14. The molecular weight excluding hydrogens is 528 g/mol. The Hall–Kier alpha value is -3.04. The van der Waals surface area contributed by atoms with Crippen molar-refractivity contribution in [2.45, 2.75) is 88.6 Å². The topological polar surface area (TPSA) is 65.6 Å². The molecule has 2 saturated carbocycles. The van der Waals surface area contributed by atoms with Crippen molar-refractivity contribution >= 4 is 11.9 Å². The molecule has 0 radical (unpaired) electrons. The van der Waals surface area contributed by atoms with Crippen LogP contribution < -0.4 is 0 Å². The van der Waals surface area contributed by atoms with Crippen LogP contribution in [0.3, 0.4) is 0 Å². The standard InChI is InChI=1S/C34H48N4O4/c1-35(2)29-15-19-31(20-16-29)37(25-27-11-7-5-8-12-27)41-33(39)23-24-34(40)42-38(26-28-13-9-6-10-14-28)32-21-17-30(18-22-32)36(3)4/h5-14,23-24,29-32H,15-22,25-26H2,1-4H3/b24-23+. The molecule has 0 atom stereocenters. The van der Waals surface area contributed by atoms with Crippen LogP contribution in [0, 0.1) is 0 Å². The van der Waals surface area contributed by atoms with Crippen LogP contribution in [0.2, 0.25) is 0 Å². The van der Waals surface area contributed by atoms with Gasteiger partial charge in [0.2, 0.25) is 0 Å². The minimum atomic E-state index is -0.571. The van der Waals surface area contributed by atoms with E-state index in [0.29, 0.717) is 25.2 Å². The van der Waals surface area contributed by atoms with Crippen molar-refractivity contribution in [2.24, 2.45) is 0 Å². The third-order valence-corrected chi connectivity index (χ3v) is 8.74. The summed E-state index contributed by atoms with van der Waals surface area (Å²) in [5.41, 5.74) is 2.15. The molecule has 8 heteroatoms. The minimum Gasteiger partial charge on any atom is -0.364 e. The van der Waals surface area contributed by atoms with Crippen LogP contribution in [-0.4, -0.2) is 84.2 Å². The first-order valence-corrected chi connectivity index (χ1v) is 15.3. The Balaban J connectivity index is 1.37. The molecule has 0 amide bonds. The van der Waals surface area contributed by atoms with Crippen molar-refractivity contribution in [2.75, 3.05) is 28.2 Å². The summed E-state index contributed by atoms with van der Waals surface area (Å²) in [6, 6.07) is 21.4. The van der Waals surface area contributed by atoms with Crippen molar-refractivity contribution in [3.8, 4) is 0 Å². The molecule has 8 nitrogen and oxygen atoms in total. The Morgan fingerprint density at radius 3 is 1.19 bits per heavy atom. The molecule has 0 bridgehead atoms. The molecule has 0 aliphatic heterocycles. The maximum absolute atomic E-state index is 13.0. The molecule has 228 valence electrons. The van der Waals surface area contributed by atoms with Gasteiger partial charge in [-0.3, -0.25) is 0 Å². The molecule has 2 aromatic rings. The second kappa shape index (κ2) is 16.0. The normalized spacial score (nSPS) is 23.1. The van der Waals surface area contributed by atoms with E-state index < -0.39 is 11.9 Å². The Morgan fingerprint density at radius 1 is 0.571 bits per heavy atom. The van der Waals surface area contributed by atoms with Crippen LogP contribution in [-0.2, 0) is 32.4 Å². The molecule has 42 heavy (non-hydrogen) atoms. The largest absolute Gasteiger partial charge is 0.364 e. The zero-order valence-electron chi connectivity index (χ0n) is 25.7. The molecule has 0 unspecified atom stereocenters. The lowest BCUT2D eigenvalue weighted by Crippen LogP contribution is -2.43. The van der Waals surface area contributed by atoms with E-state index in [9.17, 15) is 9.59 Å². The highest BCUT2D eigenvalue weighted by atomic mass is 16.7. The van der Waals surface area contributed by atoms with Gasteiger partial charge in [0.25, 0.3) is 0 Å². The highest BCUT2D eigenvalue weighted by Gasteiger charge is 2.30. The molecule has 2 aliphatic rings. The SMILES string of the molecule is CN(C)C1CCC(N(Cc2ccccc2)OC(=O)/C=C/C(=O)ON(Cc2ccccc2)C2CCC(N(C)C)CC2)CC1. The van der Waals surface area contributed by atoms with Gasteiger partial charge >= 0.3 is 11.9 Å². The van der Waals surface area contributed by atoms with Gasteiger partial charge in [-0.1, -0.05) is 60.7 Å². The summed E-state index contributed by atoms with van der Waals surface area (Å²) in [6.45, 7) is 1.01. The first kappa shape index (κ1) is 31.9. The lowest BCUT2D eigenvalue weighted by Gasteiger charge is -2.37. The molecule has 4 rings (SSSR count). The fraction of sp³-hybridized carbons (Fsp3) is 0.529. The van der Waals surface area contributed by atoms with Crippen LogP contribution in [0.25, 0.3) is 0 Å². The minimum absolute atomic E-state index is 0.129. The highest BCUT2D eigenvalue weighted by Crippen LogP contribution is 2.28. The zero-order chi connectivity index (χ0) is 29.9. The number of hydroxylamine groups is 4. The van der Waals surface area contributed by atoms with E-state index in [0.717, 1.165) is 62.5 Å². The van der Waals surface area contributed by atoms with E-state index in [1.165, 1.54) is 12.2 Å². The van der Waals surface area contributed by atoms with E-state index in [2.05, 4.69) is 38.0 Å². The molecular formula is C34H48N4O4. The van der Waals surface area contributed by atoms with Crippen LogP contribution in [0.1, 0.15) is 62.5 Å². The van der Waals surface area contributed by atoms with Gasteiger partial charge in [-0.2, -0.15) is 0 Å². The van der Waals surface area contributed by atoms with Crippen molar-refractivity contribution in [1.82, 2.24) is 19.9 Å². The number of carbonyl (C=O) groups excluding carboxylic acids is 2. The molecule has 2 aliphatic carbocycles. The lowest BCUT2D eigenvalue weighted by molar-refractivity contribution is -0.206. The third-order valence-electron chi connectivity index (χ3n) is 8.74. The molecule has 2 aromatic carbocycles. The number of benzene rings is 2. The Labute approximate surface area is 251 Å². The molecule has 0 saturated heterocycles. The van der Waals surface area contributed by atoms with Crippen LogP contribution in [0.15, 0.2) is 72.8 Å². The van der Waals surface area contributed by atoms with Gasteiger partial charge in [-0.15, -0.1) is 10.1 Å². The predicted octanol–water partition coefficient (Wildman–Crippen LogP) is 5.21. The van der Waals surface area contributed by atoms with E-state index in [-0.39, 0.29) is 12.1 Å². The van der Waals surface area contributed by atoms with E-state index in [4.69, 9.17) is 9.68 Å². The number of hydrogen-bond acceptors (Lipinski definition) is 8. The highest BCUT2D eigenvalue weighted by molar-refractivity contribution is 5.91. The van der Waals surface area contributed by atoms with Crippen molar-refractivity contribution < 1.29 is 19.3 Å². The van der Waals surface area contributed by atoms with E-state index >= 15 is 0 Å². The van der Waals surface area contributed by atoms with Gasteiger partial charge in [0.15, 0.2) is 0 Å². The average molecular weight is 577 g/mol. The first-order chi connectivity index (χ1) is 20.3. The predicted molar refractivity (Wildman–Crippen MR) is 165 cm³/mol. The fourth-order valence-electron chi connectivity index (χ4n) is 6.15. The molecule has 0 spiro atoms. The van der Waals surface area contributed by atoms with E-state index in [1.807, 2.05) is 60.7 Å². The number of hydrogen-bond donors (Lipinski definition) is 0. The van der Waals surface area contributed by atoms with Crippen LogP contribution in [0.5, 0.6) is 0 Å². The quantitative estimate of drug-likeness (QED) is 0.252. The maximum Gasteiger partial charge on any atom is 0.349 e. The van der Waals surface area contributed by atoms with Gasteiger partial charge in [-0.25, -0.2) is 9.59 Å². The number of nitrogens with zero attached hydrogens (tertiary/aromatic N) is 4. The van der Waals surface area contributed by atoms with Crippen molar-refractivity contribution in [3.63, 3.8) is 0 Å². The summed E-state index contributed by atoms with van der Waals surface area (Å²) < 4.78 is 0. The summed E-state index contributed by atoms with van der Waals surface area (Å²) in [4.78, 5) is 42.2. The van der Waals surface area contributed by atoms with Crippen molar-refractivity contribution in [3.05, 3.63) is 83.9 Å².